The molecule has 7 heteroatoms. The first kappa shape index (κ1) is 14.1. The van der Waals surface area contributed by atoms with Crippen LogP contribution in [0.2, 0.25) is 0 Å². The van der Waals surface area contributed by atoms with Gasteiger partial charge in [0.15, 0.2) is 0 Å². The van der Waals surface area contributed by atoms with Crippen LogP contribution in [0.1, 0.15) is 11.1 Å². The maximum atomic E-state index is 10.8. The summed E-state index contributed by atoms with van der Waals surface area (Å²) in [5.41, 5.74) is 5.82. The van der Waals surface area contributed by atoms with Gasteiger partial charge in [0, 0.05) is 0 Å². The zero-order valence-corrected chi connectivity index (χ0v) is 10.2. The van der Waals surface area contributed by atoms with Crippen molar-refractivity contribution in [1.82, 2.24) is 0 Å². The zero-order valence-electron chi connectivity index (χ0n) is 9.28. The highest BCUT2D eigenvalue weighted by atomic mass is 31.2. The van der Waals surface area contributed by atoms with Crippen LogP contribution in [-0.2, 0) is 15.5 Å². The third-order valence-corrected chi connectivity index (χ3v) is 2.84. The maximum Gasteiger partial charge on any atom is 0.329 e. The first-order chi connectivity index (χ1) is 8.31. The van der Waals surface area contributed by atoms with Crippen LogP contribution in [0, 0.1) is 11.3 Å². The van der Waals surface area contributed by atoms with Crippen LogP contribution in [0.25, 0.3) is 6.08 Å². The topological polar surface area (TPSA) is 124 Å². The predicted octanol–water partition coefficient (Wildman–Crippen LogP) is 0.757. The summed E-state index contributed by atoms with van der Waals surface area (Å²) in [6.45, 7) is 0. The van der Waals surface area contributed by atoms with Crippen molar-refractivity contribution in [3.63, 3.8) is 0 Å². The number of nitriles is 1. The van der Waals surface area contributed by atoms with Gasteiger partial charge in [0.2, 0.25) is 0 Å². The molecule has 0 aliphatic heterocycles. The molecule has 0 saturated heterocycles. The van der Waals surface area contributed by atoms with Gasteiger partial charge in [-0.05, 0) is 17.2 Å². The summed E-state index contributed by atoms with van der Waals surface area (Å²) < 4.78 is 10.8. The highest BCUT2D eigenvalue weighted by Gasteiger charge is 2.13. The molecule has 0 aliphatic rings. The summed E-state index contributed by atoms with van der Waals surface area (Å²) in [6, 6.07) is 7.79. The molecule has 0 aromatic heterocycles. The van der Waals surface area contributed by atoms with Gasteiger partial charge in [0.25, 0.3) is 5.91 Å². The molecule has 1 rings (SSSR count). The van der Waals surface area contributed by atoms with Crippen LogP contribution in [-0.4, -0.2) is 15.7 Å². The van der Waals surface area contributed by atoms with Crippen molar-refractivity contribution in [2.24, 2.45) is 5.73 Å². The van der Waals surface area contributed by atoms with Crippen molar-refractivity contribution in [1.29, 1.82) is 5.26 Å². The van der Waals surface area contributed by atoms with Crippen LogP contribution in [0.5, 0.6) is 0 Å². The van der Waals surface area contributed by atoms with Gasteiger partial charge >= 0.3 is 7.60 Å². The molecule has 0 heterocycles. The minimum Gasteiger partial charge on any atom is -0.365 e. The van der Waals surface area contributed by atoms with E-state index in [4.69, 9.17) is 20.8 Å². The quantitative estimate of drug-likeness (QED) is 0.421. The Labute approximate surface area is 104 Å². The Hall–Kier alpha value is -1.93. The minimum atomic E-state index is -4.09. The maximum absolute atomic E-state index is 10.8. The standard InChI is InChI=1S/C11H11N2O4P/c12-6-10(11(13)14)5-8-1-3-9(4-2-8)7-18(15,16)17/h1-5H,7H2,(H2,13,14)(H2,15,16,17). The Kier molecular flexibility index (Phi) is 4.40. The van der Waals surface area contributed by atoms with Crippen LogP contribution < -0.4 is 5.73 Å². The molecule has 18 heavy (non-hydrogen) atoms. The fraction of sp³-hybridized carbons (Fsp3) is 0.0909. The number of nitrogens with two attached hydrogens (primary N) is 1. The molecule has 0 aliphatic carbocycles. The third kappa shape index (κ3) is 4.52. The van der Waals surface area contributed by atoms with E-state index >= 15 is 0 Å². The molecule has 6 nitrogen and oxygen atoms in total. The van der Waals surface area contributed by atoms with Gasteiger partial charge in [-0.2, -0.15) is 5.26 Å². The predicted molar refractivity (Wildman–Crippen MR) is 65.0 cm³/mol. The Balaban J connectivity index is 2.94. The highest BCUT2D eigenvalue weighted by molar-refractivity contribution is 7.50. The molecular formula is C11H11N2O4P. The average molecular weight is 266 g/mol. The number of carbonyl (C=O) groups is 1. The van der Waals surface area contributed by atoms with Crippen LogP contribution >= 0.6 is 7.60 Å². The van der Waals surface area contributed by atoms with E-state index in [9.17, 15) is 9.36 Å². The molecule has 1 aromatic rings. The molecule has 0 spiro atoms. The zero-order chi connectivity index (χ0) is 13.8. The number of primary amides is 1. The number of amides is 1. The lowest BCUT2D eigenvalue weighted by Crippen LogP contribution is -2.12. The fourth-order valence-corrected chi connectivity index (χ4v) is 1.97. The van der Waals surface area contributed by atoms with Crippen molar-refractivity contribution in [2.75, 3.05) is 0 Å². The summed E-state index contributed by atoms with van der Waals surface area (Å²) in [6.07, 6.45) is 0.960. The lowest BCUT2D eigenvalue weighted by atomic mass is 10.1. The molecule has 4 N–H and O–H groups in total. The van der Waals surface area contributed by atoms with E-state index in [1.54, 1.807) is 18.2 Å². The van der Waals surface area contributed by atoms with Crippen molar-refractivity contribution in [3.8, 4) is 6.07 Å². The Morgan fingerprint density at radius 2 is 1.94 bits per heavy atom. The Morgan fingerprint density at radius 1 is 1.39 bits per heavy atom. The van der Waals surface area contributed by atoms with Gasteiger partial charge in [-0.1, -0.05) is 24.3 Å². The monoisotopic (exact) mass is 266 g/mol. The van der Waals surface area contributed by atoms with E-state index in [-0.39, 0.29) is 11.7 Å². The lowest BCUT2D eigenvalue weighted by molar-refractivity contribution is -0.114. The van der Waals surface area contributed by atoms with Gasteiger partial charge < -0.3 is 15.5 Å². The van der Waals surface area contributed by atoms with E-state index in [1.165, 1.54) is 18.2 Å². The fourth-order valence-electron chi connectivity index (χ4n) is 1.28. The SMILES string of the molecule is N#CC(=Cc1ccc(CP(=O)(O)O)cc1)C(N)=O. The van der Waals surface area contributed by atoms with Gasteiger partial charge in [-0.25, -0.2) is 0 Å². The van der Waals surface area contributed by atoms with Gasteiger partial charge in [0.05, 0.1) is 6.16 Å². The number of rotatable bonds is 4. The van der Waals surface area contributed by atoms with Crippen LogP contribution in [0.15, 0.2) is 29.8 Å². The molecule has 0 bridgehead atoms. The largest absolute Gasteiger partial charge is 0.365 e. The summed E-state index contributed by atoms with van der Waals surface area (Å²) in [4.78, 5) is 28.4. The van der Waals surface area contributed by atoms with Crippen molar-refractivity contribution in [3.05, 3.63) is 41.0 Å². The normalized spacial score (nSPS) is 11.9. The van der Waals surface area contributed by atoms with E-state index in [0.29, 0.717) is 11.1 Å². The molecule has 1 aromatic carbocycles. The molecular weight excluding hydrogens is 255 g/mol. The third-order valence-electron chi connectivity index (χ3n) is 2.07. The van der Waals surface area contributed by atoms with Crippen LogP contribution in [0.4, 0.5) is 0 Å². The Bertz CT molecular complexity index is 566. The lowest BCUT2D eigenvalue weighted by Gasteiger charge is -2.04. The summed E-state index contributed by atoms with van der Waals surface area (Å²) in [7, 11) is -4.09. The smallest absolute Gasteiger partial charge is 0.329 e. The second kappa shape index (κ2) is 5.61. The summed E-state index contributed by atoms with van der Waals surface area (Å²) in [5, 5.41) is 8.64. The van der Waals surface area contributed by atoms with E-state index < -0.39 is 13.5 Å². The molecule has 0 saturated carbocycles. The van der Waals surface area contributed by atoms with Crippen molar-refractivity contribution in [2.45, 2.75) is 6.16 Å². The number of carbonyl (C=O) groups excluding carboxylic acids is 1. The minimum absolute atomic E-state index is 0.183. The molecule has 0 radical (unpaired) electrons. The summed E-state index contributed by atoms with van der Waals surface area (Å²) in [5.74, 6) is -0.822. The summed E-state index contributed by atoms with van der Waals surface area (Å²) >= 11 is 0. The highest BCUT2D eigenvalue weighted by Crippen LogP contribution is 2.38. The van der Waals surface area contributed by atoms with E-state index in [2.05, 4.69) is 0 Å². The first-order valence-electron chi connectivity index (χ1n) is 4.87. The number of benzene rings is 1. The van der Waals surface area contributed by atoms with Gasteiger partial charge in [-0.15, -0.1) is 0 Å². The van der Waals surface area contributed by atoms with Gasteiger partial charge in [-0.3, -0.25) is 9.36 Å². The number of nitrogens with zero attached hydrogens (tertiary/aromatic N) is 1. The Morgan fingerprint density at radius 3 is 2.33 bits per heavy atom. The second-order valence-electron chi connectivity index (χ2n) is 3.60. The molecule has 0 atom stereocenters. The van der Waals surface area contributed by atoms with Crippen molar-refractivity contribution >= 4 is 19.6 Å². The number of hydrogen-bond donors (Lipinski definition) is 3. The van der Waals surface area contributed by atoms with Crippen molar-refractivity contribution < 1.29 is 19.1 Å². The van der Waals surface area contributed by atoms with Gasteiger partial charge in [0.1, 0.15) is 11.6 Å². The van der Waals surface area contributed by atoms with E-state index in [1.807, 2.05) is 0 Å². The van der Waals surface area contributed by atoms with E-state index in [0.717, 1.165) is 0 Å². The number of hydrogen-bond acceptors (Lipinski definition) is 3. The molecule has 0 fully saturated rings. The molecule has 94 valence electrons. The second-order valence-corrected chi connectivity index (χ2v) is 5.24. The van der Waals surface area contributed by atoms with Crippen LogP contribution in [0.3, 0.4) is 0 Å². The first-order valence-corrected chi connectivity index (χ1v) is 6.67. The average Bonchev–Trinajstić information content (AvgIpc) is 2.25. The molecule has 0 unspecified atom stereocenters. The molecule has 1 amide bonds.